The maximum Gasteiger partial charge on any atom is 0.224 e. The lowest BCUT2D eigenvalue weighted by molar-refractivity contribution is -0.120. The highest BCUT2D eigenvalue weighted by Gasteiger charge is 2.07. The Morgan fingerprint density at radius 3 is 2.56 bits per heavy atom. The van der Waals surface area contributed by atoms with Crippen LogP contribution >= 0.6 is 11.6 Å². The summed E-state index contributed by atoms with van der Waals surface area (Å²) in [6.07, 6.45) is 0.334. The first-order valence-electron chi connectivity index (χ1n) is 5.68. The molecule has 0 aliphatic rings. The zero-order chi connectivity index (χ0) is 13.4. The highest BCUT2D eigenvalue weighted by molar-refractivity contribution is 6.21. The summed E-state index contributed by atoms with van der Waals surface area (Å²) in [6.45, 7) is 0.828. The van der Waals surface area contributed by atoms with Crippen LogP contribution < -0.4 is 10.1 Å². The normalized spacial score (nSPS) is 11.9. The van der Waals surface area contributed by atoms with Gasteiger partial charge in [0.25, 0.3) is 0 Å². The van der Waals surface area contributed by atoms with E-state index >= 15 is 0 Å². The van der Waals surface area contributed by atoms with Gasteiger partial charge in [-0.05, 0) is 17.7 Å². The van der Waals surface area contributed by atoms with Crippen molar-refractivity contribution >= 4 is 17.5 Å². The third-order valence-corrected chi connectivity index (χ3v) is 2.67. The van der Waals surface area contributed by atoms with Crippen LogP contribution in [0.3, 0.4) is 0 Å². The molecule has 1 N–H and O–H groups in total. The molecule has 18 heavy (non-hydrogen) atoms. The standard InChI is InChI=1S/C13H18ClNO3/c1-17-9-11(14)8-15-13(16)7-10-3-5-12(18-2)6-4-10/h3-6,11H,7-9H2,1-2H3,(H,15,16). The molecule has 1 rings (SSSR count). The molecule has 1 unspecified atom stereocenters. The molecule has 100 valence electrons. The molecule has 4 nitrogen and oxygen atoms in total. The van der Waals surface area contributed by atoms with Gasteiger partial charge in [0, 0.05) is 13.7 Å². The first-order chi connectivity index (χ1) is 8.65. The number of nitrogens with one attached hydrogen (secondary N) is 1. The van der Waals surface area contributed by atoms with Crippen molar-refractivity contribution in [2.45, 2.75) is 11.8 Å². The van der Waals surface area contributed by atoms with Crippen molar-refractivity contribution in [3.63, 3.8) is 0 Å². The monoisotopic (exact) mass is 271 g/mol. The maximum absolute atomic E-state index is 11.6. The fourth-order valence-corrected chi connectivity index (χ4v) is 1.66. The van der Waals surface area contributed by atoms with Crippen LogP contribution in [0.5, 0.6) is 5.75 Å². The molecule has 0 radical (unpaired) electrons. The van der Waals surface area contributed by atoms with Gasteiger partial charge in [0.05, 0.1) is 25.5 Å². The summed E-state index contributed by atoms with van der Waals surface area (Å²) in [7, 11) is 3.19. The number of rotatable bonds is 7. The molecule has 1 atom stereocenters. The summed E-state index contributed by atoms with van der Waals surface area (Å²) in [5, 5.41) is 2.56. The minimum absolute atomic E-state index is 0.0538. The Morgan fingerprint density at radius 2 is 2.00 bits per heavy atom. The summed E-state index contributed by atoms with van der Waals surface area (Å²) in [5.41, 5.74) is 0.936. The van der Waals surface area contributed by atoms with Crippen molar-refractivity contribution in [1.29, 1.82) is 0 Å². The van der Waals surface area contributed by atoms with Gasteiger partial charge in [-0.25, -0.2) is 0 Å². The minimum Gasteiger partial charge on any atom is -0.497 e. The van der Waals surface area contributed by atoms with Gasteiger partial charge in [0.15, 0.2) is 0 Å². The molecule has 0 saturated carbocycles. The lowest BCUT2D eigenvalue weighted by Crippen LogP contribution is -2.32. The van der Waals surface area contributed by atoms with Crippen molar-refractivity contribution in [3.05, 3.63) is 29.8 Å². The molecule has 5 heteroatoms. The van der Waals surface area contributed by atoms with Crippen molar-refractivity contribution in [2.75, 3.05) is 27.4 Å². The smallest absolute Gasteiger partial charge is 0.224 e. The van der Waals surface area contributed by atoms with E-state index in [1.54, 1.807) is 14.2 Å². The van der Waals surface area contributed by atoms with Gasteiger partial charge in [-0.15, -0.1) is 11.6 Å². The van der Waals surface area contributed by atoms with Crippen LogP contribution in [0.2, 0.25) is 0 Å². The second-order valence-electron chi connectivity index (χ2n) is 3.88. The van der Waals surface area contributed by atoms with E-state index in [4.69, 9.17) is 21.1 Å². The first-order valence-corrected chi connectivity index (χ1v) is 6.12. The van der Waals surface area contributed by atoms with E-state index in [-0.39, 0.29) is 11.3 Å². The van der Waals surface area contributed by atoms with E-state index in [9.17, 15) is 4.79 Å². The van der Waals surface area contributed by atoms with Gasteiger partial charge < -0.3 is 14.8 Å². The number of alkyl halides is 1. The fraction of sp³-hybridized carbons (Fsp3) is 0.462. The van der Waals surface area contributed by atoms with E-state index < -0.39 is 0 Å². The Kier molecular flexibility index (Phi) is 6.54. The molecule has 0 aromatic heterocycles. The van der Waals surface area contributed by atoms with Crippen LogP contribution in [-0.2, 0) is 16.0 Å². The molecule has 0 aliphatic heterocycles. The number of hydrogen-bond donors (Lipinski definition) is 1. The van der Waals surface area contributed by atoms with Crippen molar-refractivity contribution in [2.24, 2.45) is 0 Å². The number of benzene rings is 1. The second kappa shape index (κ2) is 7.95. The van der Waals surface area contributed by atoms with Crippen LogP contribution in [0.1, 0.15) is 5.56 Å². The Morgan fingerprint density at radius 1 is 1.33 bits per heavy atom. The summed E-state index contributed by atoms with van der Waals surface area (Å²) < 4.78 is 9.93. The summed E-state index contributed by atoms with van der Waals surface area (Å²) >= 11 is 5.91. The van der Waals surface area contributed by atoms with Gasteiger partial charge in [-0.3, -0.25) is 4.79 Å². The molecule has 0 aliphatic carbocycles. The second-order valence-corrected chi connectivity index (χ2v) is 4.50. The van der Waals surface area contributed by atoms with E-state index in [0.29, 0.717) is 19.6 Å². The summed E-state index contributed by atoms with van der Waals surface area (Å²) in [6, 6.07) is 7.40. The quantitative estimate of drug-likeness (QED) is 0.767. The molecule has 0 bridgehead atoms. The SMILES string of the molecule is COCC(Cl)CNC(=O)Cc1ccc(OC)cc1. The molecule has 1 aromatic rings. The number of methoxy groups -OCH3 is 2. The van der Waals surface area contributed by atoms with E-state index in [0.717, 1.165) is 11.3 Å². The van der Waals surface area contributed by atoms with Crippen LogP contribution in [0.15, 0.2) is 24.3 Å². The Labute approximate surface area is 112 Å². The van der Waals surface area contributed by atoms with Crippen LogP contribution in [0.4, 0.5) is 0 Å². The molecule has 0 fully saturated rings. The van der Waals surface area contributed by atoms with Gasteiger partial charge in [0.2, 0.25) is 5.91 Å². The topological polar surface area (TPSA) is 47.6 Å². The Balaban J connectivity index is 2.35. The third-order valence-electron chi connectivity index (χ3n) is 2.39. The largest absolute Gasteiger partial charge is 0.497 e. The van der Waals surface area contributed by atoms with Crippen molar-refractivity contribution in [3.8, 4) is 5.75 Å². The van der Waals surface area contributed by atoms with Crippen LogP contribution in [-0.4, -0.2) is 38.7 Å². The molecular formula is C13H18ClNO3. The highest BCUT2D eigenvalue weighted by Crippen LogP contribution is 2.11. The number of carbonyl (C=O) groups excluding carboxylic acids is 1. The number of ether oxygens (including phenoxy) is 2. The number of amides is 1. The zero-order valence-corrected chi connectivity index (χ0v) is 11.4. The number of carbonyl (C=O) groups is 1. The lowest BCUT2D eigenvalue weighted by atomic mass is 10.1. The van der Waals surface area contributed by atoms with Gasteiger partial charge in [-0.1, -0.05) is 12.1 Å². The van der Waals surface area contributed by atoms with Crippen molar-refractivity contribution < 1.29 is 14.3 Å². The fourth-order valence-electron chi connectivity index (χ4n) is 1.46. The predicted molar refractivity (Wildman–Crippen MR) is 71.2 cm³/mol. The maximum atomic E-state index is 11.6. The zero-order valence-electron chi connectivity index (χ0n) is 10.6. The van der Waals surface area contributed by atoms with Gasteiger partial charge >= 0.3 is 0 Å². The minimum atomic E-state index is -0.199. The molecule has 0 spiro atoms. The molecule has 0 heterocycles. The summed E-state index contributed by atoms with van der Waals surface area (Å²) in [5.74, 6) is 0.724. The average Bonchev–Trinajstić information content (AvgIpc) is 2.38. The highest BCUT2D eigenvalue weighted by atomic mass is 35.5. The Bertz CT molecular complexity index is 367. The van der Waals surface area contributed by atoms with E-state index in [1.165, 1.54) is 0 Å². The van der Waals surface area contributed by atoms with E-state index in [1.807, 2.05) is 24.3 Å². The third kappa shape index (κ3) is 5.38. The first kappa shape index (κ1) is 14.8. The van der Waals surface area contributed by atoms with Gasteiger partial charge in [-0.2, -0.15) is 0 Å². The van der Waals surface area contributed by atoms with Crippen molar-refractivity contribution in [1.82, 2.24) is 5.32 Å². The van der Waals surface area contributed by atoms with E-state index in [2.05, 4.69) is 5.32 Å². The lowest BCUT2D eigenvalue weighted by Gasteiger charge is -2.10. The average molecular weight is 272 g/mol. The molecule has 0 saturated heterocycles. The van der Waals surface area contributed by atoms with Gasteiger partial charge in [0.1, 0.15) is 5.75 Å². The number of hydrogen-bond acceptors (Lipinski definition) is 3. The molecule has 1 aromatic carbocycles. The number of halogens is 1. The van der Waals surface area contributed by atoms with Crippen LogP contribution in [0, 0.1) is 0 Å². The molecular weight excluding hydrogens is 254 g/mol. The Hall–Kier alpha value is -1.26. The van der Waals surface area contributed by atoms with Crippen LogP contribution in [0.25, 0.3) is 0 Å². The summed E-state index contributed by atoms with van der Waals surface area (Å²) in [4.78, 5) is 11.6. The molecule has 1 amide bonds. The predicted octanol–water partition coefficient (Wildman–Crippen LogP) is 1.61.